The number of fused-ring (bicyclic) bond motifs is 2. The minimum Gasteiger partial charge on any atom is -0.455 e. The van der Waals surface area contributed by atoms with E-state index in [9.17, 15) is 4.79 Å². The number of cyclic esters (lactones) is 1. The van der Waals surface area contributed by atoms with Gasteiger partial charge in [-0.25, -0.2) is 14.8 Å². The summed E-state index contributed by atoms with van der Waals surface area (Å²) >= 11 is 0. The second-order valence-corrected chi connectivity index (χ2v) is 8.78. The second kappa shape index (κ2) is 6.95. The lowest BCUT2D eigenvalue weighted by Gasteiger charge is -2.36. The molecule has 0 radical (unpaired) electrons. The van der Waals surface area contributed by atoms with E-state index in [1.807, 2.05) is 47.7 Å². The first-order chi connectivity index (χ1) is 14.5. The van der Waals surface area contributed by atoms with Gasteiger partial charge < -0.3 is 10.1 Å². The van der Waals surface area contributed by atoms with Crippen molar-refractivity contribution < 1.29 is 9.53 Å². The number of aromatic nitrogens is 4. The first-order valence-corrected chi connectivity index (χ1v) is 9.94. The van der Waals surface area contributed by atoms with Crippen molar-refractivity contribution in [1.29, 1.82) is 0 Å². The zero-order valence-electron chi connectivity index (χ0n) is 18.3. The third kappa shape index (κ3) is 3.44. The molecule has 0 amide bonds. The van der Waals surface area contributed by atoms with Gasteiger partial charge in [0.15, 0.2) is 0 Å². The maximum absolute atomic E-state index is 12.3. The minimum atomic E-state index is -0.821. The van der Waals surface area contributed by atoms with Gasteiger partial charge in [0, 0.05) is 23.3 Å². The largest absolute Gasteiger partial charge is 0.455 e. The van der Waals surface area contributed by atoms with E-state index < -0.39 is 11.1 Å². The third-order valence-electron chi connectivity index (χ3n) is 5.82. The highest BCUT2D eigenvalue weighted by Crippen LogP contribution is 2.38. The number of esters is 1. The molecule has 1 aliphatic rings. The average molecular weight is 420 g/mol. The number of aryl methyl sites for hydroxylation is 1. The normalized spacial score (nSPS) is 17.6. The number of ether oxygens (including phenoxy) is 1. The number of anilines is 2. The fraction of sp³-hybridized carbons (Fsp3) is 0.429. The molecule has 1 N–H and O–H groups in total. The van der Waals surface area contributed by atoms with Crippen LogP contribution in [0.4, 0.5) is 11.6 Å². The van der Waals surface area contributed by atoms with E-state index in [0.717, 1.165) is 10.9 Å². The molecule has 31 heavy (non-hydrogen) atoms. The Bertz CT molecular complexity index is 1250. The smallest absolute Gasteiger partial charge is 0.340 e. The molecular formula is C21H24N8O2. The highest BCUT2D eigenvalue weighted by Gasteiger charge is 2.40. The van der Waals surface area contributed by atoms with Gasteiger partial charge >= 0.3 is 5.97 Å². The number of azide groups is 1. The van der Waals surface area contributed by atoms with Crippen LogP contribution in [0.2, 0.25) is 0 Å². The van der Waals surface area contributed by atoms with Crippen molar-refractivity contribution in [3.8, 4) is 0 Å². The summed E-state index contributed by atoms with van der Waals surface area (Å²) in [6, 6.07) is 5.30. The monoisotopic (exact) mass is 420 g/mol. The standard InChI is InChI=1S/C21H24N8O2/c1-11-17-12(19(30)31-21(11,4)5)7-8-15(25-17)24-16-9-13-14(10-23-16)29(6)26-18(13)20(2,3)27-28-22/h7-11H,1-6H3,(H,23,24,25). The molecule has 160 valence electrons. The van der Waals surface area contributed by atoms with E-state index in [2.05, 4.69) is 30.4 Å². The maximum Gasteiger partial charge on any atom is 0.340 e. The number of carbonyl (C=O) groups is 1. The van der Waals surface area contributed by atoms with Crippen LogP contribution < -0.4 is 5.32 Å². The van der Waals surface area contributed by atoms with Gasteiger partial charge in [0.2, 0.25) is 0 Å². The molecule has 3 aromatic heterocycles. The van der Waals surface area contributed by atoms with Gasteiger partial charge in [-0.05, 0) is 51.4 Å². The molecule has 4 heterocycles. The van der Waals surface area contributed by atoms with Gasteiger partial charge in [-0.1, -0.05) is 12.0 Å². The first-order valence-electron chi connectivity index (χ1n) is 9.94. The first kappa shape index (κ1) is 20.6. The number of hydrogen-bond acceptors (Lipinski definition) is 7. The molecule has 0 spiro atoms. The minimum absolute atomic E-state index is 0.0630. The highest BCUT2D eigenvalue weighted by atomic mass is 16.6. The Morgan fingerprint density at radius 2 is 2.06 bits per heavy atom. The molecule has 0 fully saturated rings. The molecule has 3 aromatic rings. The summed E-state index contributed by atoms with van der Waals surface area (Å²) in [6.45, 7) is 9.38. The molecule has 1 aliphatic heterocycles. The van der Waals surface area contributed by atoms with Crippen molar-refractivity contribution in [2.75, 3.05) is 5.32 Å². The number of nitrogens with zero attached hydrogens (tertiary/aromatic N) is 7. The summed E-state index contributed by atoms with van der Waals surface area (Å²) in [5.74, 6) is 0.711. The number of rotatable bonds is 4. The fourth-order valence-electron chi connectivity index (χ4n) is 3.72. The van der Waals surface area contributed by atoms with Gasteiger partial charge in [-0.3, -0.25) is 4.68 Å². The molecule has 10 heteroatoms. The van der Waals surface area contributed by atoms with E-state index in [0.29, 0.717) is 28.6 Å². The zero-order valence-corrected chi connectivity index (χ0v) is 18.3. The topological polar surface area (TPSA) is 131 Å². The maximum atomic E-state index is 12.3. The summed E-state index contributed by atoms with van der Waals surface area (Å²) in [6.07, 6.45) is 1.71. The van der Waals surface area contributed by atoms with E-state index in [1.165, 1.54) is 0 Å². The molecule has 1 atom stereocenters. The van der Waals surface area contributed by atoms with Crippen LogP contribution in [0.25, 0.3) is 21.3 Å². The van der Waals surface area contributed by atoms with Crippen molar-refractivity contribution in [2.24, 2.45) is 12.2 Å². The lowest BCUT2D eigenvalue weighted by Crippen LogP contribution is -2.39. The second-order valence-electron chi connectivity index (χ2n) is 8.78. The Hall–Kier alpha value is -3.65. The summed E-state index contributed by atoms with van der Waals surface area (Å²) < 4.78 is 7.24. The molecule has 1 unspecified atom stereocenters. The van der Waals surface area contributed by atoms with Gasteiger partial charge in [-0.15, -0.1) is 0 Å². The summed E-state index contributed by atoms with van der Waals surface area (Å²) in [5.41, 5.74) is 10.1. The predicted molar refractivity (Wildman–Crippen MR) is 116 cm³/mol. The predicted octanol–water partition coefficient (Wildman–Crippen LogP) is 4.70. The molecule has 0 aliphatic carbocycles. The summed E-state index contributed by atoms with van der Waals surface area (Å²) in [4.78, 5) is 24.4. The molecular weight excluding hydrogens is 396 g/mol. The Morgan fingerprint density at radius 3 is 2.77 bits per heavy atom. The van der Waals surface area contributed by atoms with Crippen LogP contribution in [0, 0.1) is 0 Å². The number of nitrogens with one attached hydrogen (secondary N) is 1. The van der Waals surface area contributed by atoms with E-state index in [4.69, 9.17) is 10.3 Å². The van der Waals surface area contributed by atoms with Crippen molar-refractivity contribution in [3.63, 3.8) is 0 Å². The van der Waals surface area contributed by atoms with Crippen molar-refractivity contribution in [1.82, 2.24) is 19.7 Å². The molecule has 10 nitrogen and oxygen atoms in total. The third-order valence-corrected chi connectivity index (χ3v) is 5.82. The van der Waals surface area contributed by atoms with Gasteiger partial charge in [0.1, 0.15) is 17.2 Å². The average Bonchev–Trinajstić information content (AvgIpc) is 3.03. The quantitative estimate of drug-likeness (QED) is 0.281. The van der Waals surface area contributed by atoms with Gasteiger partial charge in [-0.2, -0.15) is 5.10 Å². The van der Waals surface area contributed by atoms with Crippen molar-refractivity contribution in [3.05, 3.63) is 51.8 Å². The van der Waals surface area contributed by atoms with E-state index in [-0.39, 0.29) is 11.9 Å². The van der Waals surface area contributed by atoms with Crippen LogP contribution in [-0.4, -0.2) is 31.3 Å². The zero-order chi connectivity index (χ0) is 22.6. The van der Waals surface area contributed by atoms with Gasteiger partial charge in [0.25, 0.3) is 0 Å². The molecule has 0 bridgehead atoms. The van der Waals surface area contributed by atoms with E-state index >= 15 is 0 Å². The Morgan fingerprint density at radius 1 is 1.32 bits per heavy atom. The molecule has 4 rings (SSSR count). The highest BCUT2D eigenvalue weighted by molar-refractivity contribution is 5.93. The van der Waals surface area contributed by atoms with Gasteiger partial charge in [0.05, 0.1) is 34.2 Å². The lowest BCUT2D eigenvalue weighted by molar-refractivity contribution is -0.0189. The van der Waals surface area contributed by atoms with Crippen LogP contribution >= 0.6 is 0 Å². The number of carbonyl (C=O) groups excluding carboxylic acids is 1. The SMILES string of the molecule is CC1c2nc(Nc3cc4c(C(C)(C)N=[N+]=[N-])nn(C)c4cn3)ccc2C(=O)OC1(C)C. The van der Waals surface area contributed by atoms with Crippen LogP contribution in [0.5, 0.6) is 0 Å². The van der Waals surface area contributed by atoms with Crippen molar-refractivity contribution >= 4 is 28.5 Å². The van der Waals surface area contributed by atoms with Crippen LogP contribution in [0.15, 0.2) is 29.5 Å². The Labute approximate surface area is 179 Å². The molecule has 0 saturated carbocycles. The summed E-state index contributed by atoms with van der Waals surface area (Å²) in [5, 5.41) is 12.5. The Balaban J connectivity index is 1.74. The number of hydrogen-bond donors (Lipinski definition) is 1. The van der Waals surface area contributed by atoms with Crippen molar-refractivity contribution in [2.45, 2.75) is 51.7 Å². The van der Waals surface area contributed by atoms with Crippen LogP contribution in [-0.2, 0) is 17.3 Å². The summed E-state index contributed by atoms with van der Waals surface area (Å²) in [7, 11) is 1.82. The van der Waals surface area contributed by atoms with E-state index in [1.54, 1.807) is 23.0 Å². The number of pyridine rings is 2. The fourth-order valence-corrected chi connectivity index (χ4v) is 3.72. The lowest BCUT2D eigenvalue weighted by atomic mass is 9.84. The van der Waals surface area contributed by atoms with Crippen LogP contribution in [0.3, 0.4) is 0 Å². The molecule has 0 aromatic carbocycles. The Kier molecular flexibility index (Phi) is 4.62. The van der Waals surface area contributed by atoms with Crippen LogP contribution in [0.1, 0.15) is 62.3 Å². The molecule has 0 saturated heterocycles.